The van der Waals surface area contributed by atoms with E-state index in [1.165, 1.54) is 212 Å². The predicted octanol–water partition coefficient (Wildman–Crippen LogP) is 14.0. The van der Waals surface area contributed by atoms with Crippen LogP contribution in [0.1, 0.15) is 296 Å². The molecule has 0 radical (unpaired) electrons. The second-order valence-electron chi connectivity index (χ2n) is 21.4. The molecule has 11 heteroatoms. The summed E-state index contributed by atoms with van der Waals surface area (Å²) in [6.45, 7) is 4.33. The van der Waals surface area contributed by atoms with Crippen LogP contribution >= 0.6 is 0 Å². The Morgan fingerprint density at radius 3 is 1.31 bits per heavy atom. The van der Waals surface area contributed by atoms with Gasteiger partial charge in [0.15, 0.2) is 6.29 Å². The summed E-state index contributed by atoms with van der Waals surface area (Å²) in [5, 5.41) is 54.2. The van der Waals surface area contributed by atoms with E-state index in [4.69, 9.17) is 14.2 Å². The number of aliphatic hydroxyl groups is 5. The van der Waals surface area contributed by atoms with Crippen molar-refractivity contribution < 1.29 is 49.3 Å². The number of unbranched alkanes of at least 4 members (excludes halogenated alkanes) is 39. The monoisotopic (exact) mass is 1010 g/mol. The van der Waals surface area contributed by atoms with Gasteiger partial charge in [0.25, 0.3) is 0 Å². The van der Waals surface area contributed by atoms with Crippen molar-refractivity contribution in [1.29, 1.82) is 0 Å². The highest BCUT2D eigenvalue weighted by molar-refractivity contribution is 5.76. The molecular weight excluding hydrogens is 895 g/mol. The predicted molar refractivity (Wildman–Crippen MR) is 292 cm³/mol. The summed E-state index contributed by atoms with van der Waals surface area (Å²) in [5.74, 6) is -0.183. The summed E-state index contributed by atoms with van der Waals surface area (Å²) in [7, 11) is 0. The molecule has 7 atom stereocenters. The van der Waals surface area contributed by atoms with Crippen molar-refractivity contribution in [2.24, 2.45) is 0 Å². The SMILES string of the molecule is CCCCCCCCC/C=C/C(O)C(COC1OC(CO)C(O)C(O)C1O)NC(=O)CCCCCCCCCCCCCCCCCCCCCCCOC(=O)CCCCCCCCCCCCCCC. The number of carbonyl (C=O) groups excluding carboxylic acids is 2. The van der Waals surface area contributed by atoms with Crippen LogP contribution in [0.5, 0.6) is 0 Å². The fourth-order valence-electron chi connectivity index (χ4n) is 9.79. The number of aliphatic hydroxyl groups excluding tert-OH is 5. The van der Waals surface area contributed by atoms with Crippen molar-refractivity contribution in [1.82, 2.24) is 5.32 Å². The molecule has 6 N–H and O–H groups in total. The lowest BCUT2D eigenvalue weighted by Crippen LogP contribution is -2.60. The quantitative estimate of drug-likeness (QED) is 0.0195. The van der Waals surface area contributed by atoms with E-state index in [1.807, 2.05) is 6.08 Å². The summed E-state index contributed by atoms with van der Waals surface area (Å²) in [6, 6.07) is -0.808. The second kappa shape index (κ2) is 50.6. The van der Waals surface area contributed by atoms with Gasteiger partial charge in [-0.15, -0.1) is 0 Å². The van der Waals surface area contributed by atoms with Crippen LogP contribution in [-0.4, -0.2) is 100 Å². The lowest BCUT2D eigenvalue weighted by molar-refractivity contribution is -0.302. The Bertz CT molecular complexity index is 1190. The molecule has 11 nitrogen and oxygen atoms in total. The van der Waals surface area contributed by atoms with E-state index in [2.05, 4.69) is 19.2 Å². The molecule has 0 aromatic rings. The van der Waals surface area contributed by atoms with Crippen LogP contribution in [0.15, 0.2) is 12.2 Å². The van der Waals surface area contributed by atoms with E-state index in [1.54, 1.807) is 6.08 Å². The molecule has 0 aromatic heterocycles. The molecule has 1 amide bonds. The highest BCUT2D eigenvalue weighted by Crippen LogP contribution is 2.23. The van der Waals surface area contributed by atoms with Crippen LogP contribution in [0.3, 0.4) is 0 Å². The molecule has 1 aliphatic heterocycles. The third-order valence-electron chi connectivity index (χ3n) is 14.7. The number of rotatable bonds is 53. The molecule has 1 rings (SSSR count). The largest absolute Gasteiger partial charge is 0.466 e. The van der Waals surface area contributed by atoms with Gasteiger partial charge in [-0.05, 0) is 32.1 Å². The lowest BCUT2D eigenvalue weighted by atomic mass is 9.99. The van der Waals surface area contributed by atoms with Gasteiger partial charge in [0.05, 0.1) is 32.0 Å². The zero-order chi connectivity index (χ0) is 51.7. The fraction of sp³-hybridized carbons (Fsp3) is 0.933. The Hall–Kier alpha value is -1.60. The van der Waals surface area contributed by atoms with Gasteiger partial charge in [0, 0.05) is 12.8 Å². The molecule has 1 aliphatic rings. The first-order chi connectivity index (χ1) is 34.7. The van der Waals surface area contributed by atoms with Gasteiger partial charge in [-0.1, -0.05) is 264 Å². The molecule has 0 aliphatic carbocycles. The first-order valence-corrected chi connectivity index (χ1v) is 30.5. The van der Waals surface area contributed by atoms with Crippen LogP contribution < -0.4 is 5.32 Å². The van der Waals surface area contributed by atoms with Crippen LogP contribution in [0.25, 0.3) is 0 Å². The van der Waals surface area contributed by atoms with E-state index in [0.29, 0.717) is 19.4 Å². The first-order valence-electron chi connectivity index (χ1n) is 30.5. The molecule has 0 bridgehead atoms. The van der Waals surface area contributed by atoms with E-state index >= 15 is 0 Å². The molecule has 1 fully saturated rings. The average molecular weight is 1010 g/mol. The topological polar surface area (TPSA) is 175 Å². The van der Waals surface area contributed by atoms with Gasteiger partial charge in [0.1, 0.15) is 24.4 Å². The lowest BCUT2D eigenvalue weighted by Gasteiger charge is -2.40. The number of carbonyl (C=O) groups is 2. The van der Waals surface area contributed by atoms with E-state index < -0.39 is 49.5 Å². The number of ether oxygens (including phenoxy) is 3. The van der Waals surface area contributed by atoms with Gasteiger partial charge < -0.3 is 45.1 Å². The van der Waals surface area contributed by atoms with Gasteiger partial charge in [-0.2, -0.15) is 0 Å². The molecule has 1 heterocycles. The zero-order valence-corrected chi connectivity index (χ0v) is 46.2. The minimum absolute atomic E-state index is 0.000704. The highest BCUT2D eigenvalue weighted by atomic mass is 16.7. The van der Waals surface area contributed by atoms with Gasteiger partial charge >= 0.3 is 5.97 Å². The standard InChI is InChI=1S/C60H115NO10/c1-3-5-7-9-11-13-14-24-28-32-36-40-44-48-56(65)69-49-45-41-37-33-29-26-23-21-19-17-15-16-18-20-22-25-27-31-35-39-43-47-55(64)61-52(53(63)46-42-38-34-30-12-10-8-6-4-2)51-70-60-59(68)58(67)57(66)54(50-62)71-60/h42,46,52-54,57-60,62-63,66-68H,3-41,43-45,47-51H2,1-2H3,(H,61,64)/b46-42+. The number of hydrogen-bond acceptors (Lipinski definition) is 10. The van der Waals surface area contributed by atoms with Crippen LogP contribution in [-0.2, 0) is 23.8 Å². The summed E-state index contributed by atoms with van der Waals surface area (Å²) in [5.41, 5.74) is 0. The Morgan fingerprint density at radius 2 is 0.887 bits per heavy atom. The summed E-state index contributed by atoms with van der Waals surface area (Å²) in [4.78, 5) is 25.0. The third kappa shape index (κ3) is 40.4. The Kier molecular flexibility index (Phi) is 48.0. The zero-order valence-electron chi connectivity index (χ0n) is 46.2. The molecular formula is C60H115NO10. The molecule has 7 unspecified atom stereocenters. The highest BCUT2D eigenvalue weighted by Gasteiger charge is 2.44. The normalized spacial score (nSPS) is 19.1. The van der Waals surface area contributed by atoms with Gasteiger partial charge in [-0.3, -0.25) is 9.59 Å². The van der Waals surface area contributed by atoms with Crippen LogP contribution in [0, 0.1) is 0 Å². The van der Waals surface area contributed by atoms with Crippen molar-refractivity contribution in [3.05, 3.63) is 12.2 Å². The average Bonchev–Trinajstić information content (AvgIpc) is 3.37. The minimum atomic E-state index is -1.57. The summed E-state index contributed by atoms with van der Waals surface area (Å²) >= 11 is 0. The third-order valence-corrected chi connectivity index (χ3v) is 14.7. The first kappa shape index (κ1) is 67.4. The van der Waals surface area contributed by atoms with Crippen molar-refractivity contribution >= 4 is 11.9 Å². The smallest absolute Gasteiger partial charge is 0.305 e. The van der Waals surface area contributed by atoms with Gasteiger partial charge in [0.2, 0.25) is 5.91 Å². The Morgan fingerprint density at radius 1 is 0.507 bits per heavy atom. The van der Waals surface area contributed by atoms with Crippen molar-refractivity contribution in [2.75, 3.05) is 19.8 Å². The number of amides is 1. The number of nitrogens with one attached hydrogen (secondary N) is 1. The Balaban J connectivity index is 1.99. The van der Waals surface area contributed by atoms with Crippen molar-refractivity contribution in [2.45, 2.75) is 339 Å². The minimum Gasteiger partial charge on any atom is -0.466 e. The van der Waals surface area contributed by atoms with E-state index in [0.717, 1.165) is 57.8 Å². The van der Waals surface area contributed by atoms with Crippen LogP contribution in [0.4, 0.5) is 0 Å². The molecule has 0 aromatic carbocycles. The Labute approximate surface area is 436 Å². The number of esters is 1. The maximum absolute atomic E-state index is 13.0. The molecule has 1 saturated heterocycles. The molecule has 0 spiro atoms. The fourth-order valence-corrected chi connectivity index (χ4v) is 9.79. The van der Waals surface area contributed by atoms with Crippen molar-refractivity contribution in [3.8, 4) is 0 Å². The number of hydrogen-bond donors (Lipinski definition) is 6. The summed E-state index contributed by atoms with van der Waals surface area (Å²) < 4.78 is 16.7. The maximum atomic E-state index is 13.0. The molecule has 71 heavy (non-hydrogen) atoms. The second-order valence-corrected chi connectivity index (χ2v) is 21.4. The summed E-state index contributed by atoms with van der Waals surface area (Å²) in [6.07, 6.45) is 48.9. The maximum Gasteiger partial charge on any atom is 0.305 e. The van der Waals surface area contributed by atoms with Crippen molar-refractivity contribution in [3.63, 3.8) is 0 Å². The van der Waals surface area contributed by atoms with Crippen LogP contribution in [0.2, 0.25) is 0 Å². The number of allylic oxidation sites excluding steroid dienone is 1. The van der Waals surface area contributed by atoms with Gasteiger partial charge in [-0.25, -0.2) is 0 Å². The molecule has 0 saturated carbocycles. The van der Waals surface area contributed by atoms with E-state index in [9.17, 15) is 35.1 Å². The molecule has 420 valence electrons. The van der Waals surface area contributed by atoms with E-state index in [-0.39, 0.29) is 18.5 Å².